The van der Waals surface area contributed by atoms with Gasteiger partial charge in [-0.2, -0.15) is 5.26 Å². The Balaban J connectivity index is 1.57. The van der Waals surface area contributed by atoms with Crippen LogP contribution in [0.2, 0.25) is 0 Å². The molecule has 1 atom stereocenters. The summed E-state index contributed by atoms with van der Waals surface area (Å²) in [7, 11) is -0.663. The van der Waals surface area contributed by atoms with Crippen molar-refractivity contribution in [2.75, 3.05) is 37.7 Å². The molecule has 3 aromatic heterocycles. The fourth-order valence-electron chi connectivity index (χ4n) is 4.49. The van der Waals surface area contributed by atoms with Crippen LogP contribution in [0, 0.1) is 11.3 Å². The maximum Gasteiger partial charge on any atom is 0.410 e. The maximum atomic E-state index is 12.8. The molecule has 0 fully saturated rings. The van der Waals surface area contributed by atoms with Gasteiger partial charge in [-0.05, 0) is 69.7 Å². The lowest BCUT2D eigenvalue weighted by Crippen LogP contribution is -2.41. The highest BCUT2D eigenvalue weighted by Crippen LogP contribution is 2.36. The maximum absolute atomic E-state index is 12.8. The lowest BCUT2D eigenvalue weighted by atomic mass is 9.93. The monoisotopic (exact) mass is 553 g/mol. The van der Waals surface area contributed by atoms with E-state index in [1.165, 1.54) is 0 Å². The van der Waals surface area contributed by atoms with Crippen LogP contribution < -0.4 is 4.74 Å². The minimum Gasteiger partial charge on any atom is -0.455 e. The van der Waals surface area contributed by atoms with Gasteiger partial charge in [0.05, 0.1) is 30.4 Å². The Morgan fingerprint density at radius 2 is 2.00 bits per heavy atom. The van der Waals surface area contributed by atoms with Crippen molar-refractivity contribution in [3.63, 3.8) is 0 Å². The molecule has 0 radical (unpaired) electrons. The third-order valence-electron chi connectivity index (χ3n) is 6.47. The Kier molecular flexibility index (Phi) is 8.42. The van der Waals surface area contributed by atoms with Gasteiger partial charge in [0.25, 0.3) is 0 Å². The molecule has 9 nitrogen and oxygen atoms in total. The number of nitrogens with zero attached hydrogens (tertiary/aromatic N) is 5. The van der Waals surface area contributed by atoms with Crippen LogP contribution >= 0.6 is 10.0 Å². The second kappa shape index (κ2) is 11.4. The SMILES string of the molecule is CC[C@H]1CN(C(=O)OC(C)(C)C)Cc2cc(Oc3ccnc4c3cc(C#N)n4COCCS(C)(C)C)cnc21. The fraction of sp³-hybridized carbons (Fsp3) is 0.517. The number of aromatic nitrogens is 3. The molecule has 0 saturated carbocycles. The van der Waals surface area contributed by atoms with Gasteiger partial charge in [0.1, 0.15) is 41.2 Å². The van der Waals surface area contributed by atoms with E-state index in [2.05, 4.69) is 36.7 Å². The van der Waals surface area contributed by atoms with Crippen LogP contribution in [0.3, 0.4) is 0 Å². The van der Waals surface area contributed by atoms with Crippen molar-refractivity contribution in [1.82, 2.24) is 19.4 Å². The second-order valence-corrected chi connectivity index (χ2v) is 16.3. The number of rotatable bonds is 8. The number of carbonyl (C=O) groups is 1. The smallest absolute Gasteiger partial charge is 0.410 e. The number of pyridine rings is 2. The predicted octanol–water partition coefficient (Wildman–Crippen LogP) is 6.01. The van der Waals surface area contributed by atoms with Crippen LogP contribution in [0.5, 0.6) is 11.5 Å². The Morgan fingerprint density at radius 1 is 1.23 bits per heavy atom. The normalized spacial score (nSPS) is 16.1. The standard InChI is InChI=1S/C29H39N5O4S/c1-8-20-17-33(28(35)38-29(2,3)4)18-21-13-23(16-32-26(20)21)37-25-9-10-31-27-24(25)14-22(15-30)34(27)19-36-11-12-39(5,6)7/h9-10,13-14,16,20H,8,11-12,17-19H2,1-7H3/t20-/m0/s1. The van der Waals surface area contributed by atoms with Crippen molar-refractivity contribution in [2.24, 2.45) is 0 Å². The van der Waals surface area contributed by atoms with Crippen LogP contribution in [0.25, 0.3) is 11.0 Å². The third-order valence-corrected chi connectivity index (χ3v) is 7.86. The molecular formula is C29H39N5O4S. The van der Waals surface area contributed by atoms with Gasteiger partial charge < -0.3 is 19.1 Å². The average molecular weight is 554 g/mol. The molecule has 39 heavy (non-hydrogen) atoms. The minimum absolute atomic E-state index is 0.120. The van der Waals surface area contributed by atoms with Crippen molar-refractivity contribution in [2.45, 2.75) is 58.9 Å². The van der Waals surface area contributed by atoms with E-state index in [4.69, 9.17) is 19.2 Å². The van der Waals surface area contributed by atoms with E-state index in [0.717, 1.165) is 28.8 Å². The molecule has 0 aliphatic carbocycles. The quantitative estimate of drug-likeness (QED) is 0.315. The summed E-state index contributed by atoms with van der Waals surface area (Å²) in [4.78, 5) is 23.8. The van der Waals surface area contributed by atoms with Crippen LogP contribution in [0.4, 0.5) is 4.79 Å². The number of carbonyl (C=O) groups excluding carboxylic acids is 1. The van der Waals surface area contributed by atoms with Gasteiger partial charge in [0, 0.05) is 24.4 Å². The first-order valence-electron chi connectivity index (χ1n) is 13.1. The third kappa shape index (κ3) is 7.02. The Morgan fingerprint density at radius 3 is 2.67 bits per heavy atom. The van der Waals surface area contributed by atoms with E-state index in [9.17, 15) is 10.1 Å². The summed E-state index contributed by atoms with van der Waals surface area (Å²) in [5, 5.41) is 10.5. The first kappa shape index (κ1) is 28.7. The van der Waals surface area contributed by atoms with E-state index in [-0.39, 0.29) is 18.7 Å². The summed E-state index contributed by atoms with van der Waals surface area (Å²) in [5.41, 5.74) is 2.44. The van der Waals surface area contributed by atoms with Crippen LogP contribution in [-0.4, -0.2) is 68.8 Å². The first-order chi connectivity index (χ1) is 18.4. The zero-order chi connectivity index (χ0) is 28.4. The molecule has 4 rings (SSSR count). The molecule has 210 valence electrons. The number of nitriles is 1. The molecule has 0 spiro atoms. The molecule has 10 heteroatoms. The molecule has 0 N–H and O–H groups in total. The first-order valence-corrected chi connectivity index (χ1v) is 16.2. The zero-order valence-electron chi connectivity index (χ0n) is 24.0. The number of hydrogen-bond donors (Lipinski definition) is 0. The minimum atomic E-state index is -0.663. The molecule has 1 aliphatic heterocycles. The lowest BCUT2D eigenvalue weighted by Gasteiger charge is -2.34. The number of ether oxygens (including phenoxy) is 3. The van der Waals surface area contributed by atoms with Crippen molar-refractivity contribution in [3.05, 3.63) is 47.5 Å². The molecule has 0 aromatic carbocycles. The summed E-state index contributed by atoms with van der Waals surface area (Å²) in [6.45, 7) is 9.54. The highest BCUT2D eigenvalue weighted by atomic mass is 32.3. The zero-order valence-corrected chi connectivity index (χ0v) is 24.8. The second-order valence-electron chi connectivity index (χ2n) is 11.7. The summed E-state index contributed by atoms with van der Waals surface area (Å²) in [6, 6.07) is 7.74. The summed E-state index contributed by atoms with van der Waals surface area (Å²) in [5.74, 6) is 2.24. The average Bonchev–Trinajstić information content (AvgIpc) is 3.22. The molecule has 0 bridgehead atoms. The van der Waals surface area contributed by atoms with Crippen molar-refractivity contribution in [1.29, 1.82) is 5.26 Å². The van der Waals surface area contributed by atoms with E-state index >= 15 is 0 Å². The van der Waals surface area contributed by atoms with Crippen molar-refractivity contribution in [3.8, 4) is 17.6 Å². The van der Waals surface area contributed by atoms with Crippen molar-refractivity contribution < 1.29 is 19.0 Å². The fourth-order valence-corrected chi connectivity index (χ4v) is 5.11. The molecule has 1 amide bonds. The predicted molar refractivity (Wildman–Crippen MR) is 155 cm³/mol. The highest BCUT2D eigenvalue weighted by molar-refractivity contribution is 8.32. The number of hydrogen-bond acceptors (Lipinski definition) is 7. The molecule has 1 aliphatic rings. The topological polar surface area (TPSA) is 102 Å². The lowest BCUT2D eigenvalue weighted by molar-refractivity contribution is 0.0202. The molecule has 0 saturated heterocycles. The van der Waals surface area contributed by atoms with Crippen LogP contribution in [0.1, 0.15) is 57.0 Å². The summed E-state index contributed by atoms with van der Waals surface area (Å²) < 4.78 is 19.6. The van der Waals surface area contributed by atoms with Gasteiger partial charge in [-0.25, -0.2) is 19.8 Å². The van der Waals surface area contributed by atoms with Gasteiger partial charge in [-0.1, -0.05) is 6.92 Å². The van der Waals surface area contributed by atoms with E-state index in [1.807, 2.05) is 26.8 Å². The number of amides is 1. The molecule has 0 unspecified atom stereocenters. The van der Waals surface area contributed by atoms with Gasteiger partial charge >= 0.3 is 6.09 Å². The summed E-state index contributed by atoms with van der Waals surface area (Å²) >= 11 is 0. The van der Waals surface area contributed by atoms with Gasteiger partial charge in [-0.3, -0.25) is 9.55 Å². The van der Waals surface area contributed by atoms with E-state index in [1.54, 1.807) is 34.0 Å². The molecular weight excluding hydrogens is 514 g/mol. The van der Waals surface area contributed by atoms with Gasteiger partial charge in [0.2, 0.25) is 0 Å². The Labute approximate surface area is 232 Å². The van der Waals surface area contributed by atoms with Gasteiger partial charge in [-0.15, -0.1) is 0 Å². The largest absolute Gasteiger partial charge is 0.455 e. The molecule has 3 aromatic rings. The van der Waals surface area contributed by atoms with Crippen LogP contribution in [0.15, 0.2) is 30.6 Å². The van der Waals surface area contributed by atoms with Gasteiger partial charge in [0.15, 0.2) is 0 Å². The Bertz CT molecular complexity index is 1380. The van der Waals surface area contributed by atoms with Crippen LogP contribution in [-0.2, 0) is 22.7 Å². The Hall–Kier alpha value is -3.29. The number of fused-ring (bicyclic) bond motifs is 2. The highest BCUT2D eigenvalue weighted by Gasteiger charge is 2.31. The van der Waals surface area contributed by atoms with Crippen molar-refractivity contribution >= 4 is 27.2 Å². The summed E-state index contributed by atoms with van der Waals surface area (Å²) in [6.07, 6.45) is 10.7. The van der Waals surface area contributed by atoms with E-state index in [0.29, 0.717) is 42.5 Å². The molecule has 4 heterocycles. The van der Waals surface area contributed by atoms with E-state index < -0.39 is 15.6 Å².